The van der Waals surface area contributed by atoms with E-state index >= 15 is 0 Å². The van der Waals surface area contributed by atoms with Gasteiger partial charge in [-0.15, -0.1) is 0 Å². The highest BCUT2D eigenvalue weighted by molar-refractivity contribution is 6.32. The number of ether oxygens (including phenoxy) is 2. The third kappa shape index (κ3) is 3.79. The molecule has 0 aliphatic carbocycles. The summed E-state index contributed by atoms with van der Waals surface area (Å²) >= 11 is 6.79. The van der Waals surface area contributed by atoms with Crippen molar-refractivity contribution in [1.82, 2.24) is 24.5 Å². The summed E-state index contributed by atoms with van der Waals surface area (Å²) in [6.45, 7) is 5.33. The fourth-order valence-electron chi connectivity index (χ4n) is 5.05. The topological polar surface area (TPSA) is 103 Å². The van der Waals surface area contributed by atoms with Crippen molar-refractivity contribution in [3.8, 4) is 22.4 Å². The first-order valence-electron chi connectivity index (χ1n) is 12.0. The van der Waals surface area contributed by atoms with Crippen molar-refractivity contribution >= 4 is 23.2 Å². The second-order valence-electron chi connectivity index (χ2n) is 9.17. The van der Waals surface area contributed by atoms with Crippen LogP contribution in [0.25, 0.3) is 28.0 Å². The van der Waals surface area contributed by atoms with Crippen LogP contribution in [0.4, 0.5) is 0 Å². The van der Waals surface area contributed by atoms with Crippen LogP contribution in [0.2, 0.25) is 5.15 Å². The molecule has 2 fully saturated rings. The Kier molecular flexibility index (Phi) is 5.80. The smallest absolute Gasteiger partial charge is 0.251 e. The number of fused-ring (bicyclic) bond motifs is 2. The number of aryl methyl sites for hydroxylation is 2. The lowest BCUT2D eigenvalue weighted by Crippen LogP contribution is -2.44. The summed E-state index contributed by atoms with van der Waals surface area (Å²) in [5.74, 6) is -0.264. The predicted molar refractivity (Wildman–Crippen MR) is 134 cm³/mol. The van der Waals surface area contributed by atoms with Gasteiger partial charge in [0.05, 0.1) is 24.9 Å². The molecule has 2 aliphatic rings. The van der Waals surface area contributed by atoms with Gasteiger partial charge in [-0.1, -0.05) is 35.9 Å². The van der Waals surface area contributed by atoms with Crippen molar-refractivity contribution in [3.05, 3.63) is 65.2 Å². The first kappa shape index (κ1) is 23.2. The van der Waals surface area contributed by atoms with Crippen LogP contribution in [0.15, 0.2) is 48.8 Å². The zero-order valence-corrected chi connectivity index (χ0v) is 20.6. The van der Waals surface area contributed by atoms with Crippen LogP contribution in [0.1, 0.15) is 23.0 Å². The third-order valence-electron chi connectivity index (χ3n) is 6.92. The van der Waals surface area contributed by atoms with Crippen molar-refractivity contribution < 1.29 is 19.4 Å². The molecule has 2 aliphatic heterocycles. The molecule has 0 bridgehead atoms. The maximum Gasteiger partial charge on any atom is 0.251 e. The summed E-state index contributed by atoms with van der Waals surface area (Å²) in [5, 5.41) is 18.0. The Labute approximate surface area is 212 Å². The minimum atomic E-state index is -0.665. The molecule has 5 heterocycles. The van der Waals surface area contributed by atoms with Gasteiger partial charge in [0.1, 0.15) is 34.8 Å². The van der Waals surface area contributed by atoms with E-state index in [1.165, 1.54) is 0 Å². The van der Waals surface area contributed by atoms with Crippen LogP contribution in [0.3, 0.4) is 0 Å². The number of halogens is 1. The number of benzene rings is 1. The number of aromatic nitrogens is 4. The maximum absolute atomic E-state index is 13.0. The van der Waals surface area contributed by atoms with Crippen LogP contribution in [0.5, 0.6) is 0 Å². The summed E-state index contributed by atoms with van der Waals surface area (Å²) in [5.41, 5.74) is 5.48. The highest BCUT2D eigenvalue weighted by Gasteiger charge is 2.47. The van der Waals surface area contributed by atoms with E-state index in [9.17, 15) is 9.90 Å². The van der Waals surface area contributed by atoms with E-state index < -0.39 is 12.2 Å². The number of amides is 1. The zero-order valence-electron chi connectivity index (χ0n) is 19.9. The number of nitrogens with one attached hydrogen (secondary N) is 1. The summed E-state index contributed by atoms with van der Waals surface area (Å²) < 4.78 is 14.9. The first-order valence-corrected chi connectivity index (χ1v) is 12.4. The number of aliphatic hydroxyl groups excluding tert-OH is 1. The molecule has 36 heavy (non-hydrogen) atoms. The molecule has 2 N–H and O–H groups in total. The SMILES string of the molecule is CCn1cc(-c2ccccc2-c2nc3cc(C(=O)N[C@@H]4CO[C@H]5[C@@H]4OC[C@H]5O)ccn3c2Cl)c(C)n1. The number of aliphatic hydroxyl groups is 1. The second kappa shape index (κ2) is 9.01. The average molecular weight is 508 g/mol. The van der Waals surface area contributed by atoms with E-state index in [2.05, 4.69) is 17.3 Å². The minimum absolute atomic E-state index is 0.212. The molecule has 2 saturated heterocycles. The Morgan fingerprint density at radius 3 is 2.72 bits per heavy atom. The fourth-order valence-corrected chi connectivity index (χ4v) is 5.34. The van der Waals surface area contributed by atoms with Crippen molar-refractivity contribution in [2.45, 2.75) is 44.7 Å². The standard InChI is InChI=1S/C26H26ClN5O4/c1-3-31-11-18(14(2)30-31)16-6-4-5-7-17(16)22-25(27)32-9-8-15(10-21(32)29-22)26(34)28-19-12-35-24-20(33)13-36-23(19)24/h4-11,19-20,23-24,33H,3,12-13H2,1-2H3,(H,28,34)/t19-,20-,23-,24-/m1/s1. The van der Waals surface area contributed by atoms with Gasteiger partial charge in [0.2, 0.25) is 0 Å². The normalized spacial score (nSPS) is 23.3. The molecule has 1 amide bonds. The molecular weight excluding hydrogens is 482 g/mol. The lowest BCUT2D eigenvalue weighted by Gasteiger charge is -2.17. The first-order chi connectivity index (χ1) is 17.4. The summed E-state index contributed by atoms with van der Waals surface area (Å²) in [6.07, 6.45) is 2.36. The van der Waals surface area contributed by atoms with Gasteiger partial charge in [-0.05, 0) is 31.5 Å². The molecule has 0 spiro atoms. The minimum Gasteiger partial charge on any atom is -0.388 e. The molecule has 6 rings (SSSR count). The fraction of sp³-hybridized carbons (Fsp3) is 0.346. The van der Waals surface area contributed by atoms with Crippen molar-refractivity contribution in [1.29, 1.82) is 0 Å². The van der Waals surface area contributed by atoms with Gasteiger partial charge in [-0.2, -0.15) is 5.10 Å². The van der Waals surface area contributed by atoms with E-state index in [0.29, 0.717) is 28.7 Å². The summed E-state index contributed by atoms with van der Waals surface area (Å²) in [4.78, 5) is 17.8. The van der Waals surface area contributed by atoms with Crippen LogP contribution < -0.4 is 5.32 Å². The molecule has 0 unspecified atom stereocenters. The number of hydrogen-bond donors (Lipinski definition) is 2. The molecule has 186 valence electrons. The van der Waals surface area contributed by atoms with Crippen LogP contribution >= 0.6 is 11.6 Å². The van der Waals surface area contributed by atoms with Gasteiger partial charge in [0.15, 0.2) is 0 Å². The summed E-state index contributed by atoms with van der Waals surface area (Å²) in [6, 6.07) is 11.1. The Balaban J connectivity index is 1.32. The molecular formula is C26H26ClN5O4. The molecule has 3 aromatic heterocycles. The summed E-state index contributed by atoms with van der Waals surface area (Å²) in [7, 11) is 0. The maximum atomic E-state index is 13.0. The van der Waals surface area contributed by atoms with E-state index in [-0.39, 0.29) is 24.7 Å². The monoisotopic (exact) mass is 507 g/mol. The molecule has 1 aromatic carbocycles. The highest BCUT2D eigenvalue weighted by Crippen LogP contribution is 2.37. The molecule has 4 aromatic rings. The number of pyridine rings is 1. The van der Waals surface area contributed by atoms with Gasteiger partial charge in [0, 0.05) is 35.6 Å². The van der Waals surface area contributed by atoms with E-state index in [1.54, 1.807) is 22.7 Å². The van der Waals surface area contributed by atoms with Crippen LogP contribution in [0, 0.1) is 6.92 Å². The highest BCUT2D eigenvalue weighted by atomic mass is 35.5. The largest absolute Gasteiger partial charge is 0.388 e. The van der Waals surface area contributed by atoms with Crippen molar-refractivity contribution in [3.63, 3.8) is 0 Å². The van der Waals surface area contributed by atoms with E-state index in [4.69, 9.17) is 26.1 Å². The van der Waals surface area contributed by atoms with Crippen molar-refractivity contribution in [2.24, 2.45) is 0 Å². The number of hydrogen-bond acceptors (Lipinski definition) is 6. The Bertz CT molecular complexity index is 1460. The molecule has 4 atom stereocenters. The van der Waals surface area contributed by atoms with Gasteiger partial charge in [-0.3, -0.25) is 13.9 Å². The quantitative estimate of drug-likeness (QED) is 0.430. The number of rotatable bonds is 5. The van der Waals surface area contributed by atoms with Gasteiger partial charge in [-0.25, -0.2) is 4.98 Å². The lowest BCUT2D eigenvalue weighted by molar-refractivity contribution is 0.0178. The number of carbonyl (C=O) groups is 1. The third-order valence-corrected chi connectivity index (χ3v) is 7.28. The van der Waals surface area contributed by atoms with E-state index in [1.807, 2.05) is 42.1 Å². The van der Waals surface area contributed by atoms with E-state index in [0.717, 1.165) is 28.9 Å². The van der Waals surface area contributed by atoms with Gasteiger partial charge >= 0.3 is 0 Å². The second-order valence-corrected chi connectivity index (χ2v) is 9.53. The predicted octanol–water partition coefficient (Wildman–Crippen LogP) is 3.10. The molecule has 0 saturated carbocycles. The Morgan fingerprint density at radius 1 is 1.17 bits per heavy atom. The number of nitrogens with zero attached hydrogens (tertiary/aromatic N) is 4. The molecule has 0 radical (unpaired) electrons. The number of carbonyl (C=O) groups excluding carboxylic acids is 1. The Hall–Kier alpha value is -3.24. The zero-order chi connectivity index (χ0) is 25.0. The van der Waals surface area contributed by atoms with Gasteiger partial charge in [0.25, 0.3) is 5.91 Å². The van der Waals surface area contributed by atoms with Crippen molar-refractivity contribution in [2.75, 3.05) is 13.2 Å². The molecule has 9 nitrogen and oxygen atoms in total. The van der Waals surface area contributed by atoms with Crippen LogP contribution in [-0.4, -0.2) is 67.7 Å². The average Bonchev–Trinajstić information content (AvgIpc) is 3.64. The lowest BCUT2D eigenvalue weighted by atomic mass is 9.98. The van der Waals surface area contributed by atoms with Gasteiger partial charge < -0.3 is 19.9 Å². The Morgan fingerprint density at radius 2 is 1.94 bits per heavy atom. The molecule has 10 heteroatoms. The number of imidazole rings is 1. The van der Waals surface area contributed by atoms with Crippen LogP contribution in [-0.2, 0) is 16.0 Å².